The normalized spacial score (nSPS) is 16.6. The van der Waals surface area contributed by atoms with Crippen LogP contribution in [-0.2, 0) is 20.9 Å². The number of Topliss-reactive ketones (excluding diaryl/α,β-unsaturated/α-hetero) is 1. The summed E-state index contributed by atoms with van der Waals surface area (Å²) in [7, 11) is 0. The van der Waals surface area contributed by atoms with Gasteiger partial charge in [-0.3, -0.25) is 19.3 Å². The van der Waals surface area contributed by atoms with E-state index in [0.717, 1.165) is 12.8 Å². The maximum atomic E-state index is 14.3. The average molecular weight is 560 g/mol. The summed E-state index contributed by atoms with van der Waals surface area (Å²) in [5.74, 6) is 0.189. The zero-order valence-electron chi connectivity index (χ0n) is 22.7. The van der Waals surface area contributed by atoms with Crippen LogP contribution in [0.25, 0.3) is 11.0 Å². The fourth-order valence-corrected chi connectivity index (χ4v) is 5.16. The van der Waals surface area contributed by atoms with Gasteiger partial charge in [-0.1, -0.05) is 17.3 Å². The molecule has 12 heteroatoms. The van der Waals surface area contributed by atoms with Crippen LogP contribution >= 0.6 is 0 Å². The first kappa shape index (κ1) is 26.5. The molecule has 12 nitrogen and oxygen atoms in total. The first-order chi connectivity index (χ1) is 19.9. The SMILES string of the molecule is CC(=O)c1cc2c(cc1N(C(=O)Cn1nnc3ccccc31)C(C(=O)NCC1CCCO1)c1ccc(C)o1)OCO2. The first-order valence-corrected chi connectivity index (χ1v) is 13.4. The highest BCUT2D eigenvalue weighted by Gasteiger charge is 2.38. The molecule has 0 spiro atoms. The molecule has 0 radical (unpaired) electrons. The van der Waals surface area contributed by atoms with Crippen molar-refractivity contribution in [3.63, 3.8) is 0 Å². The summed E-state index contributed by atoms with van der Waals surface area (Å²) < 4.78 is 24.2. The maximum Gasteiger partial charge on any atom is 0.251 e. The number of hydrogen-bond acceptors (Lipinski definition) is 9. The number of carbonyl (C=O) groups excluding carboxylic acids is 3. The Kier molecular flexibility index (Phi) is 7.14. The molecule has 41 heavy (non-hydrogen) atoms. The fourth-order valence-electron chi connectivity index (χ4n) is 5.16. The van der Waals surface area contributed by atoms with Crippen LogP contribution in [0.2, 0.25) is 0 Å². The number of benzene rings is 2. The van der Waals surface area contributed by atoms with Gasteiger partial charge in [0.15, 0.2) is 23.3 Å². The molecule has 4 heterocycles. The standard InChI is InChI=1S/C29H29N5O7/c1-17-9-10-24(41-17)28(29(37)30-14-19-6-5-11-38-19)34(23-13-26-25(39-16-40-26)12-20(23)18(2)35)27(36)15-33-22-8-4-3-7-21(22)31-32-33/h3-4,7-10,12-13,19,28H,5-6,11,14-16H2,1-2H3,(H,30,37). The minimum Gasteiger partial charge on any atom is -0.464 e. The number of carbonyl (C=O) groups is 3. The van der Waals surface area contributed by atoms with Gasteiger partial charge in [0.05, 0.1) is 17.3 Å². The van der Waals surface area contributed by atoms with Gasteiger partial charge in [0.2, 0.25) is 12.7 Å². The highest BCUT2D eigenvalue weighted by atomic mass is 16.7. The third-order valence-corrected chi connectivity index (χ3v) is 7.17. The highest BCUT2D eigenvalue weighted by Crippen LogP contribution is 2.41. The number of fused-ring (bicyclic) bond motifs is 2. The zero-order chi connectivity index (χ0) is 28.5. The van der Waals surface area contributed by atoms with Gasteiger partial charge < -0.3 is 23.9 Å². The Labute approximate surface area is 235 Å². The lowest BCUT2D eigenvalue weighted by Crippen LogP contribution is -2.47. The number of rotatable bonds is 9. The number of aromatic nitrogens is 3. The van der Waals surface area contributed by atoms with Crippen molar-refractivity contribution < 1.29 is 33.0 Å². The molecule has 2 atom stereocenters. The molecule has 1 saturated heterocycles. The number of nitrogens with zero attached hydrogens (tertiary/aromatic N) is 4. The molecule has 2 aromatic heterocycles. The average Bonchev–Trinajstić information content (AvgIpc) is 3.78. The second-order valence-electron chi connectivity index (χ2n) is 10.0. The van der Waals surface area contributed by atoms with E-state index in [9.17, 15) is 14.4 Å². The Morgan fingerprint density at radius 2 is 1.93 bits per heavy atom. The van der Waals surface area contributed by atoms with Gasteiger partial charge in [0.25, 0.3) is 5.91 Å². The summed E-state index contributed by atoms with van der Waals surface area (Å²) in [6, 6.07) is 12.4. The number of hydrogen-bond donors (Lipinski definition) is 1. The summed E-state index contributed by atoms with van der Waals surface area (Å²) >= 11 is 0. The van der Waals surface area contributed by atoms with Gasteiger partial charge in [-0.15, -0.1) is 5.10 Å². The molecule has 2 aliphatic heterocycles. The Hall–Kier alpha value is -4.71. The first-order valence-electron chi connectivity index (χ1n) is 13.4. The maximum absolute atomic E-state index is 14.3. The van der Waals surface area contributed by atoms with Crippen molar-refractivity contribution in [3.8, 4) is 11.5 Å². The number of aryl methyl sites for hydroxylation is 1. The number of nitrogens with one attached hydrogen (secondary N) is 1. The van der Waals surface area contributed by atoms with Crippen LogP contribution in [-0.4, -0.2) is 58.6 Å². The van der Waals surface area contributed by atoms with E-state index in [1.54, 1.807) is 37.3 Å². The van der Waals surface area contributed by atoms with Crippen molar-refractivity contribution in [3.05, 3.63) is 65.6 Å². The molecule has 0 bridgehead atoms. The lowest BCUT2D eigenvalue weighted by atomic mass is 10.0. The van der Waals surface area contributed by atoms with Crippen molar-refractivity contribution in [2.45, 2.75) is 45.4 Å². The lowest BCUT2D eigenvalue weighted by molar-refractivity contribution is -0.127. The van der Waals surface area contributed by atoms with Gasteiger partial charge in [-0.2, -0.15) is 0 Å². The molecule has 2 amide bonds. The monoisotopic (exact) mass is 559 g/mol. The van der Waals surface area contributed by atoms with Gasteiger partial charge in [-0.05, 0) is 57.0 Å². The minimum absolute atomic E-state index is 0.0301. The van der Waals surface area contributed by atoms with Crippen LogP contribution in [0.1, 0.15) is 47.7 Å². The Bertz CT molecular complexity index is 1620. The molecule has 212 valence electrons. The summed E-state index contributed by atoms with van der Waals surface area (Å²) in [6.45, 7) is 3.75. The topological polar surface area (TPSA) is 138 Å². The predicted octanol–water partition coefficient (Wildman–Crippen LogP) is 3.33. The second-order valence-corrected chi connectivity index (χ2v) is 10.0. The van der Waals surface area contributed by atoms with Crippen molar-refractivity contribution in [1.29, 1.82) is 0 Å². The zero-order valence-corrected chi connectivity index (χ0v) is 22.7. The highest BCUT2D eigenvalue weighted by molar-refractivity contribution is 6.08. The van der Waals surface area contributed by atoms with Crippen molar-refractivity contribution in [1.82, 2.24) is 20.3 Å². The van der Waals surface area contributed by atoms with Crippen molar-refractivity contribution >= 4 is 34.3 Å². The molecule has 2 aliphatic rings. The Morgan fingerprint density at radius 3 is 2.66 bits per heavy atom. The molecule has 0 aliphatic carbocycles. The number of furan rings is 1. The van der Waals surface area contributed by atoms with E-state index in [2.05, 4.69) is 15.6 Å². The van der Waals surface area contributed by atoms with Gasteiger partial charge >= 0.3 is 0 Å². The van der Waals surface area contributed by atoms with E-state index in [0.29, 0.717) is 34.9 Å². The third kappa shape index (κ3) is 5.25. The van der Waals surface area contributed by atoms with Crippen LogP contribution < -0.4 is 19.7 Å². The summed E-state index contributed by atoms with van der Waals surface area (Å²) in [5.41, 5.74) is 1.63. The predicted molar refractivity (Wildman–Crippen MR) is 146 cm³/mol. The molecule has 1 N–H and O–H groups in total. The van der Waals surface area contributed by atoms with E-state index in [1.165, 1.54) is 22.6 Å². The van der Waals surface area contributed by atoms with Gasteiger partial charge in [0, 0.05) is 24.8 Å². The van der Waals surface area contributed by atoms with E-state index < -0.39 is 17.9 Å². The summed E-state index contributed by atoms with van der Waals surface area (Å²) in [6.07, 6.45) is 1.61. The van der Waals surface area contributed by atoms with E-state index in [4.69, 9.17) is 18.6 Å². The van der Waals surface area contributed by atoms with Crippen LogP contribution in [0.5, 0.6) is 11.5 Å². The van der Waals surface area contributed by atoms with Gasteiger partial charge in [0.1, 0.15) is 23.6 Å². The molecular weight excluding hydrogens is 530 g/mol. The molecule has 2 unspecified atom stereocenters. The molecular formula is C29H29N5O7. The molecule has 4 aromatic rings. The van der Waals surface area contributed by atoms with Crippen LogP contribution in [0, 0.1) is 6.92 Å². The molecule has 2 aromatic carbocycles. The van der Waals surface area contributed by atoms with Gasteiger partial charge in [-0.25, -0.2) is 4.68 Å². The fraction of sp³-hybridized carbons (Fsp3) is 0.345. The molecule has 6 rings (SSSR count). The third-order valence-electron chi connectivity index (χ3n) is 7.17. The number of ketones is 1. The van der Waals surface area contributed by atoms with Crippen LogP contribution in [0.15, 0.2) is 52.9 Å². The second kappa shape index (κ2) is 11.0. The number of amides is 2. The summed E-state index contributed by atoms with van der Waals surface area (Å²) in [5, 5.41) is 11.2. The van der Waals surface area contributed by atoms with E-state index in [-0.39, 0.29) is 48.8 Å². The Balaban J connectivity index is 1.46. The number of ether oxygens (including phenoxy) is 3. The lowest BCUT2D eigenvalue weighted by Gasteiger charge is -2.31. The quantitative estimate of drug-likeness (QED) is 0.306. The smallest absolute Gasteiger partial charge is 0.251 e. The van der Waals surface area contributed by atoms with Crippen LogP contribution in [0.3, 0.4) is 0 Å². The molecule has 1 fully saturated rings. The van der Waals surface area contributed by atoms with Crippen LogP contribution in [0.4, 0.5) is 5.69 Å². The largest absolute Gasteiger partial charge is 0.464 e. The Morgan fingerprint density at radius 1 is 1.12 bits per heavy atom. The van der Waals surface area contributed by atoms with E-state index >= 15 is 0 Å². The number of para-hydroxylation sites is 1. The minimum atomic E-state index is -1.26. The number of anilines is 1. The molecule has 0 saturated carbocycles. The van der Waals surface area contributed by atoms with Crippen molar-refractivity contribution in [2.24, 2.45) is 0 Å². The summed E-state index contributed by atoms with van der Waals surface area (Å²) in [4.78, 5) is 42.5. The van der Waals surface area contributed by atoms with Crippen molar-refractivity contribution in [2.75, 3.05) is 24.8 Å². The van der Waals surface area contributed by atoms with E-state index in [1.807, 2.05) is 12.1 Å².